The number of benzene rings is 1. The van der Waals surface area contributed by atoms with Crippen LogP contribution in [0.1, 0.15) is 13.3 Å². The molecule has 1 aromatic rings. The number of ether oxygens (including phenoxy) is 1. The van der Waals surface area contributed by atoms with Crippen LogP contribution in [-0.4, -0.2) is 75.9 Å². The first-order valence-corrected chi connectivity index (χ1v) is 10.3. The molecule has 2 heterocycles. The van der Waals surface area contributed by atoms with Crippen molar-refractivity contribution >= 4 is 27.6 Å². The van der Waals surface area contributed by atoms with Crippen LogP contribution in [0.4, 0.5) is 5.69 Å². The Morgan fingerprint density at radius 3 is 2.92 bits per heavy atom. The number of halogens is 1. The third-order valence-electron chi connectivity index (χ3n) is 4.86. The molecule has 2 aliphatic rings. The van der Waals surface area contributed by atoms with Gasteiger partial charge in [-0.1, -0.05) is 12.1 Å². The Hall–Kier alpha value is -1.31. The van der Waals surface area contributed by atoms with Gasteiger partial charge >= 0.3 is 0 Å². The summed E-state index contributed by atoms with van der Waals surface area (Å²) in [4.78, 5) is 9.49. The third kappa shape index (κ3) is 5.34. The van der Waals surface area contributed by atoms with E-state index in [0.717, 1.165) is 56.2 Å². The molecule has 6 nitrogen and oxygen atoms in total. The van der Waals surface area contributed by atoms with Crippen molar-refractivity contribution in [1.29, 1.82) is 0 Å². The molecule has 0 spiro atoms. The first-order chi connectivity index (χ1) is 12.7. The summed E-state index contributed by atoms with van der Waals surface area (Å²) in [6.45, 7) is 8.44. The Labute approximate surface area is 165 Å². The van der Waals surface area contributed by atoms with E-state index >= 15 is 0 Å². The normalized spacial score (nSPS) is 24.7. The minimum Gasteiger partial charge on any atom is -0.374 e. The average Bonchev–Trinajstić information content (AvgIpc) is 3.09. The van der Waals surface area contributed by atoms with Gasteiger partial charge in [0.15, 0.2) is 5.96 Å². The molecular formula is C19H30BrN5O. The van der Waals surface area contributed by atoms with Crippen molar-refractivity contribution in [3.05, 3.63) is 28.7 Å². The van der Waals surface area contributed by atoms with Crippen molar-refractivity contribution in [3.63, 3.8) is 0 Å². The number of anilines is 1. The van der Waals surface area contributed by atoms with Gasteiger partial charge in [-0.25, -0.2) is 0 Å². The van der Waals surface area contributed by atoms with Crippen LogP contribution >= 0.6 is 15.9 Å². The van der Waals surface area contributed by atoms with Crippen LogP contribution in [0.3, 0.4) is 0 Å². The van der Waals surface area contributed by atoms with E-state index in [9.17, 15) is 0 Å². The molecule has 7 heteroatoms. The van der Waals surface area contributed by atoms with Gasteiger partial charge < -0.3 is 25.2 Å². The number of hydrogen-bond acceptors (Lipinski definition) is 4. The summed E-state index contributed by atoms with van der Waals surface area (Å²) in [5.74, 6) is 0.892. The van der Waals surface area contributed by atoms with Crippen LogP contribution in [0.15, 0.2) is 33.7 Å². The number of aliphatic imine (C=N–C) groups is 1. The van der Waals surface area contributed by atoms with Gasteiger partial charge in [-0.05, 0) is 48.5 Å². The lowest BCUT2D eigenvalue weighted by Crippen LogP contribution is -2.46. The van der Waals surface area contributed by atoms with Crippen molar-refractivity contribution in [2.75, 3.05) is 57.8 Å². The van der Waals surface area contributed by atoms with E-state index in [1.807, 2.05) is 0 Å². The second-order valence-corrected chi connectivity index (χ2v) is 7.86. The Bertz CT molecular complexity index is 611. The molecule has 144 valence electrons. The summed E-state index contributed by atoms with van der Waals surface area (Å²) >= 11 is 3.66. The minimum absolute atomic E-state index is 0.185. The van der Waals surface area contributed by atoms with E-state index in [1.165, 1.54) is 5.69 Å². The molecule has 2 atom stereocenters. The fraction of sp³-hybridized carbons (Fsp3) is 0.632. The Balaban J connectivity index is 1.55. The molecule has 2 N–H and O–H groups in total. The number of likely N-dealkylation sites (N-methyl/N-ethyl adjacent to an activating group) is 1. The van der Waals surface area contributed by atoms with Gasteiger partial charge in [0.1, 0.15) is 0 Å². The molecule has 2 fully saturated rings. The molecule has 3 rings (SSSR count). The molecule has 0 aliphatic carbocycles. The van der Waals surface area contributed by atoms with Crippen LogP contribution in [0.25, 0.3) is 0 Å². The third-order valence-corrected chi connectivity index (χ3v) is 5.53. The van der Waals surface area contributed by atoms with Gasteiger partial charge in [-0.3, -0.25) is 4.99 Å². The molecule has 2 saturated heterocycles. The summed E-state index contributed by atoms with van der Waals surface area (Å²) in [6.07, 6.45) is 1.29. The number of nitrogens with one attached hydrogen (secondary N) is 2. The van der Waals surface area contributed by atoms with Crippen molar-refractivity contribution in [2.45, 2.75) is 25.5 Å². The standard InChI is InChI=1S/C19H30BrN5O/c1-3-21-19(22-12-16-14-24(2)10-11-26-16)23-15-8-9-25(13-15)18-7-5-4-6-17(18)20/h4-7,15-16H,3,8-14H2,1-2H3,(H2,21,22,23). The fourth-order valence-electron chi connectivity index (χ4n) is 3.49. The smallest absolute Gasteiger partial charge is 0.191 e. The Kier molecular flexibility index (Phi) is 7.16. The quantitative estimate of drug-likeness (QED) is 0.559. The van der Waals surface area contributed by atoms with Gasteiger partial charge in [-0.15, -0.1) is 0 Å². The molecular weight excluding hydrogens is 394 g/mol. The number of nitrogens with zero attached hydrogens (tertiary/aromatic N) is 3. The Morgan fingerprint density at radius 1 is 1.31 bits per heavy atom. The monoisotopic (exact) mass is 423 g/mol. The predicted octanol–water partition coefficient (Wildman–Crippen LogP) is 1.91. The van der Waals surface area contributed by atoms with Crippen molar-refractivity contribution < 1.29 is 4.74 Å². The van der Waals surface area contributed by atoms with Crippen LogP contribution in [0.2, 0.25) is 0 Å². The molecule has 0 aromatic heterocycles. The minimum atomic E-state index is 0.185. The summed E-state index contributed by atoms with van der Waals surface area (Å²) < 4.78 is 6.97. The van der Waals surface area contributed by atoms with Crippen LogP contribution < -0.4 is 15.5 Å². The SMILES string of the molecule is CCNC(=NCC1CN(C)CCO1)NC1CCN(c2ccccc2Br)C1. The molecule has 0 radical (unpaired) electrons. The summed E-state index contributed by atoms with van der Waals surface area (Å²) in [7, 11) is 2.14. The largest absolute Gasteiger partial charge is 0.374 e. The fourth-order valence-corrected chi connectivity index (χ4v) is 4.02. The second kappa shape index (κ2) is 9.58. The zero-order chi connectivity index (χ0) is 18.4. The van der Waals surface area contributed by atoms with Gasteiger partial charge in [0.25, 0.3) is 0 Å². The Morgan fingerprint density at radius 2 is 2.15 bits per heavy atom. The number of morpholine rings is 1. The molecule has 0 bridgehead atoms. The van der Waals surface area contributed by atoms with Gasteiger partial charge in [0, 0.05) is 43.2 Å². The maximum atomic E-state index is 5.82. The second-order valence-electron chi connectivity index (χ2n) is 7.00. The van der Waals surface area contributed by atoms with Gasteiger partial charge in [0.05, 0.1) is 24.9 Å². The van der Waals surface area contributed by atoms with Gasteiger partial charge in [-0.2, -0.15) is 0 Å². The van der Waals surface area contributed by atoms with E-state index in [2.05, 4.69) is 74.6 Å². The zero-order valence-electron chi connectivity index (χ0n) is 15.7. The van der Waals surface area contributed by atoms with Crippen LogP contribution in [-0.2, 0) is 4.74 Å². The molecule has 0 saturated carbocycles. The zero-order valence-corrected chi connectivity index (χ0v) is 17.3. The first-order valence-electron chi connectivity index (χ1n) is 9.50. The molecule has 2 aliphatic heterocycles. The van der Waals surface area contributed by atoms with E-state index in [1.54, 1.807) is 0 Å². The van der Waals surface area contributed by atoms with Crippen LogP contribution in [0.5, 0.6) is 0 Å². The lowest BCUT2D eigenvalue weighted by Gasteiger charge is -2.29. The molecule has 26 heavy (non-hydrogen) atoms. The molecule has 1 aromatic carbocycles. The highest BCUT2D eigenvalue weighted by molar-refractivity contribution is 9.10. The number of guanidine groups is 1. The highest BCUT2D eigenvalue weighted by Gasteiger charge is 2.25. The van der Waals surface area contributed by atoms with E-state index in [-0.39, 0.29) is 6.10 Å². The molecule has 2 unspecified atom stereocenters. The predicted molar refractivity (Wildman–Crippen MR) is 111 cm³/mol. The summed E-state index contributed by atoms with van der Waals surface area (Å²) in [5.41, 5.74) is 1.26. The van der Waals surface area contributed by atoms with E-state index < -0.39 is 0 Å². The van der Waals surface area contributed by atoms with Crippen molar-refractivity contribution in [2.24, 2.45) is 4.99 Å². The maximum Gasteiger partial charge on any atom is 0.191 e. The maximum absolute atomic E-state index is 5.82. The number of hydrogen-bond donors (Lipinski definition) is 2. The highest BCUT2D eigenvalue weighted by Crippen LogP contribution is 2.28. The van der Waals surface area contributed by atoms with E-state index in [4.69, 9.17) is 9.73 Å². The lowest BCUT2D eigenvalue weighted by molar-refractivity contribution is -0.0136. The topological polar surface area (TPSA) is 52.1 Å². The highest BCUT2D eigenvalue weighted by atomic mass is 79.9. The first kappa shape index (κ1) is 19.5. The van der Waals surface area contributed by atoms with Gasteiger partial charge in [0.2, 0.25) is 0 Å². The number of rotatable bonds is 5. The molecule has 0 amide bonds. The van der Waals surface area contributed by atoms with Crippen LogP contribution in [0, 0.1) is 0 Å². The summed E-state index contributed by atoms with van der Waals surface area (Å²) in [5, 5.41) is 6.97. The number of para-hydroxylation sites is 1. The van der Waals surface area contributed by atoms with Crippen molar-refractivity contribution in [1.82, 2.24) is 15.5 Å². The summed E-state index contributed by atoms with van der Waals surface area (Å²) in [6, 6.07) is 8.81. The average molecular weight is 424 g/mol. The van der Waals surface area contributed by atoms with Crippen molar-refractivity contribution in [3.8, 4) is 0 Å². The van der Waals surface area contributed by atoms with E-state index in [0.29, 0.717) is 12.6 Å². The lowest BCUT2D eigenvalue weighted by atomic mass is 10.2.